The molecule has 0 bridgehead atoms. The first-order chi connectivity index (χ1) is 7.75. The zero-order chi connectivity index (χ0) is 11.1. The number of benzene rings is 1. The summed E-state index contributed by atoms with van der Waals surface area (Å²) < 4.78 is 0. The lowest BCUT2D eigenvalue weighted by Crippen LogP contribution is -2.11. The number of hydrogen-bond acceptors (Lipinski definition) is 3. The molecule has 0 radical (unpaired) electrons. The maximum atomic E-state index is 6.24. The van der Waals surface area contributed by atoms with E-state index in [9.17, 15) is 0 Å². The van der Waals surface area contributed by atoms with Crippen LogP contribution in [0.5, 0.6) is 0 Å². The van der Waals surface area contributed by atoms with E-state index in [-0.39, 0.29) is 0 Å². The molecular formula is C13H14N2S. The molecule has 2 aromatic rings. The topological polar surface area (TPSA) is 38.9 Å². The molecular weight excluding hydrogens is 216 g/mol. The summed E-state index contributed by atoms with van der Waals surface area (Å²) >= 11 is 1.87. The van der Waals surface area contributed by atoms with Gasteiger partial charge in [0.25, 0.3) is 0 Å². The first-order valence-corrected chi connectivity index (χ1v) is 6.47. The van der Waals surface area contributed by atoms with Crippen LogP contribution in [0.15, 0.2) is 29.2 Å². The second-order valence-corrected chi connectivity index (χ2v) is 5.73. The van der Waals surface area contributed by atoms with Gasteiger partial charge in [-0.2, -0.15) is 0 Å². The zero-order valence-electron chi connectivity index (χ0n) is 9.23. The van der Waals surface area contributed by atoms with Gasteiger partial charge in [0.15, 0.2) is 0 Å². The summed E-state index contributed by atoms with van der Waals surface area (Å²) in [4.78, 5) is 5.92. The van der Waals surface area contributed by atoms with Crippen LogP contribution >= 0.6 is 11.8 Å². The van der Waals surface area contributed by atoms with Crippen LogP contribution in [0.3, 0.4) is 0 Å². The lowest BCUT2D eigenvalue weighted by atomic mass is 10.1. The number of thioether (sulfide) groups is 1. The summed E-state index contributed by atoms with van der Waals surface area (Å²) in [6.45, 7) is 2.25. The summed E-state index contributed by atoms with van der Waals surface area (Å²) in [5.41, 5.74) is 9.36. The van der Waals surface area contributed by atoms with E-state index in [2.05, 4.69) is 13.0 Å². The minimum Gasteiger partial charge on any atom is -0.397 e. The van der Waals surface area contributed by atoms with Gasteiger partial charge in [-0.3, -0.25) is 4.98 Å². The number of hydrogen-bond donors (Lipinski definition) is 1. The van der Waals surface area contributed by atoms with Gasteiger partial charge in [0.05, 0.1) is 21.8 Å². The summed E-state index contributed by atoms with van der Waals surface area (Å²) in [5, 5.41) is 1.74. The number of anilines is 1. The second kappa shape index (κ2) is 3.67. The number of pyridine rings is 1. The van der Waals surface area contributed by atoms with Gasteiger partial charge >= 0.3 is 0 Å². The highest BCUT2D eigenvalue weighted by Gasteiger charge is 2.20. The minimum absolute atomic E-state index is 0.651. The van der Waals surface area contributed by atoms with Crippen LogP contribution in [0, 0.1) is 0 Å². The van der Waals surface area contributed by atoms with Crippen molar-refractivity contribution in [3.63, 3.8) is 0 Å². The lowest BCUT2D eigenvalue weighted by Gasteiger charge is -2.22. The first-order valence-electron chi connectivity index (χ1n) is 5.59. The Bertz CT molecular complexity index is 551. The van der Waals surface area contributed by atoms with Crippen LogP contribution in [0.2, 0.25) is 0 Å². The maximum absolute atomic E-state index is 6.24. The molecule has 1 aliphatic rings. The fraction of sp³-hybridized carbons (Fsp3) is 0.308. The average molecular weight is 230 g/mol. The number of rotatable bonds is 0. The van der Waals surface area contributed by atoms with Crippen LogP contribution in [-0.4, -0.2) is 10.2 Å². The predicted octanol–water partition coefficient (Wildman–Crippen LogP) is 3.24. The normalized spacial score (nSPS) is 19.7. The Morgan fingerprint density at radius 1 is 1.38 bits per heavy atom. The number of aryl methyl sites for hydroxylation is 1. The van der Waals surface area contributed by atoms with Crippen LogP contribution in [0.1, 0.15) is 19.0 Å². The number of para-hydroxylation sites is 1. The van der Waals surface area contributed by atoms with Crippen molar-refractivity contribution in [2.75, 3.05) is 5.73 Å². The molecule has 16 heavy (non-hydrogen) atoms. The third kappa shape index (κ3) is 1.47. The summed E-state index contributed by atoms with van der Waals surface area (Å²) in [5.74, 6) is 0. The molecule has 0 saturated carbocycles. The molecule has 3 rings (SSSR count). The Labute approximate surface area is 99.2 Å². The smallest absolute Gasteiger partial charge is 0.0726 e. The van der Waals surface area contributed by atoms with Crippen molar-refractivity contribution >= 4 is 28.4 Å². The number of nitrogen functional groups attached to an aromatic ring is 1. The van der Waals surface area contributed by atoms with E-state index < -0.39 is 0 Å². The van der Waals surface area contributed by atoms with Gasteiger partial charge in [-0.25, -0.2) is 0 Å². The average Bonchev–Trinajstić information content (AvgIpc) is 2.31. The van der Waals surface area contributed by atoms with Crippen LogP contribution in [0.25, 0.3) is 10.9 Å². The highest BCUT2D eigenvalue weighted by atomic mass is 32.2. The SMILES string of the molecule is CC1CCc2nc3ccccc3c(N)c2S1. The molecule has 82 valence electrons. The van der Waals surface area contributed by atoms with Gasteiger partial charge in [0.1, 0.15) is 0 Å². The van der Waals surface area contributed by atoms with Crippen molar-refractivity contribution in [3.05, 3.63) is 30.0 Å². The molecule has 3 heteroatoms. The second-order valence-electron chi connectivity index (χ2n) is 4.29. The van der Waals surface area contributed by atoms with E-state index in [1.54, 1.807) is 0 Å². The molecule has 1 aromatic carbocycles. The molecule has 2 N–H and O–H groups in total. The highest BCUT2D eigenvalue weighted by molar-refractivity contribution is 8.00. The Hall–Kier alpha value is -1.22. The fourth-order valence-electron chi connectivity index (χ4n) is 2.17. The Kier molecular flexibility index (Phi) is 2.28. The number of aromatic nitrogens is 1. The van der Waals surface area contributed by atoms with Gasteiger partial charge in [-0.15, -0.1) is 11.8 Å². The highest BCUT2D eigenvalue weighted by Crippen LogP contribution is 2.40. The van der Waals surface area contributed by atoms with E-state index in [0.29, 0.717) is 5.25 Å². The number of nitrogens with zero attached hydrogens (tertiary/aromatic N) is 1. The monoisotopic (exact) mass is 230 g/mol. The Morgan fingerprint density at radius 3 is 3.06 bits per heavy atom. The van der Waals surface area contributed by atoms with Gasteiger partial charge in [-0.1, -0.05) is 25.1 Å². The molecule has 1 atom stereocenters. The van der Waals surface area contributed by atoms with E-state index in [4.69, 9.17) is 10.7 Å². The largest absolute Gasteiger partial charge is 0.397 e. The molecule has 0 fully saturated rings. The minimum atomic E-state index is 0.651. The predicted molar refractivity (Wildman–Crippen MR) is 69.8 cm³/mol. The van der Waals surface area contributed by atoms with Crippen LogP contribution < -0.4 is 5.73 Å². The van der Waals surface area contributed by atoms with Gasteiger partial charge < -0.3 is 5.73 Å². The van der Waals surface area contributed by atoms with Crippen LogP contribution in [0.4, 0.5) is 5.69 Å². The lowest BCUT2D eigenvalue weighted by molar-refractivity contribution is 0.761. The molecule has 1 aromatic heterocycles. The fourth-order valence-corrected chi connectivity index (χ4v) is 3.33. The maximum Gasteiger partial charge on any atom is 0.0726 e. The first kappa shape index (κ1) is 9.97. The summed E-state index contributed by atoms with van der Waals surface area (Å²) in [7, 11) is 0. The van der Waals surface area contributed by atoms with E-state index >= 15 is 0 Å². The third-order valence-corrected chi connectivity index (χ3v) is 4.39. The molecule has 2 heterocycles. The van der Waals surface area contributed by atoms with Crippen molar-refractivity contribution in [1.82, 2.24) is 4.98 Å². The summed E-state index contributed by atoms with van der Waals surface area (Å²) in [6.07, 6.45) is 2.25. The van der Waals surface area contributed by atoms with Gasteiger partial charge in [0.2, 0.25) is 0 Å². The van der Waals surface area contributed by atoms with Crippen molar-refractivity contribution in [1.29, 1.82) is 0 Å². The molecule has 1 unspecified atom stereocenters. The molecule has 0 saturated heterocycles. The summed E-state index contributed by atoms with van der Waals surface area (Å²) in [6, 6.07) is 8.12. The van der Waals surface area contributed by atoms with E-state index in [1.165, 1.54) is 17.0 Å². The van der Waals surface area contributed by atoms with Crippen LogP contribution in [-0.2, 0) is 6.42 Å². The molecule has 0 spiro atoms. The zero-order valence-corrected chi connectivity index (χ0v) is 10.1. The van der Waals surface area contributed by atoms with Gasteiger partial charge in [0, 0.05) is 10.6 Å². The van der Waals surface area contributed by atoms with Crippen molar-refractivity contribution < 1.29 is 0 Å². The van der Waals surface area contributed by atoms with E-state index in [1.807, 2.05) is 30.0 Å². The molecule has 2 nitrogen and oxygen atoms in total. The standard InChI is InChI=1S/C13H14N2S/c1-8-6-7-11-13(16-8)12(14)9-4-2-3-5-10(9)15-11/h2-5,8H,6-7H2,1H3,(H2,14,15). The van der Waals surface area contributed by atoms with Crippen molar-refractivity contribution in [3.8, 4) is 0 Å². The molecule has 0 amide bonds. The number of nitrogens with two attached hydrogens (primary N) is 1. The van der Waals surface area contributed by atoms with Crippen molar-refractivity contribution in [2.45, 2.75) is 29.9 Å². The Morgan fingerprint density at radius 2 is 2.19 bits per heavy atom. The third-order valence-electron chi connectivity index (χ3n) is 3.06. The quantitative estimate of drug-likeness (QED) is 0.755. The van der Waals surface area contributed by atoms with Gasteiger partial charge in [-0.05, 0) is 18.9 Å². The van der Waals surface area contributed by atoms with Crippen molar-refractivity contribution in [2.24, 2.45) is 0 Å². The van der Waals surface area contributed by atoms with E-state index in [0.717, 1.165) is 23.0 Å². The Balaban J connectivity index is 2.29. The molecule has 0 aliphatic carbocycles. The number of fused-ring (bicyclic) bond motifs is 2. The molecule has 1 aliphatic heterocycles.